The molecule has 0 bridgehead atoms. The Kier molecular flexibility index (Phi) is 5.59. The molecule has 1 atom stereocenters. The van der Waals surface area contributed by atoms with Crippen LogP contribution in [0.4, 0.5) is 0 Å². The average Bonchev–Trinajstić information content (AvgIpc) is 2.50. The van der Waals surface area contributed by atoms with Crippen LogP contribution in [0.25, 0.3) is 0 Å². The normalized spacial score (nSPS) is 12.6. The van der Waals surface area contributed by atoms with Crippen molar-refractivity contribution in [2.24, 2.45) is 0 Å². The van der Waals surface area contributed by atoms with Crippen molar-refractivity contribution in [1.82, 2.24) is 9.88 Å². The second-order valence-electron chi connectivity index (χ2n) is 5.30. The molecule has 21 heavy (non-hydrogen) atoms. The lowest BCUT2D eigenvalue weighted by Gasteiger charge is -2.28. The highest BCUT2D eigenvalue weighted by atomic mass is 35.5. The molecule has 4 heteroatoms. The van der Waals surface area contributed by atoms with Gasteiger partial charge in [0.25, 0.3) is 0 Å². The van der Waals surface area contributed by atoms with Gasteiger partial charge >= 0.3 is 0 Å². The van der Waals surface area contributed by atoms with Crippen molar-refractivity contribution in [3.63, 3.8) is 0 Å². The summed E-state index contributed by atoms with van der Waals surface area (Å²) in [5, 5.41) is 9.92. The Labute approximate surface area is 131 Å². The number of hydrogen-bond acceptors (Lipinski definition) is 3. The number of benzene rings is 1. The number of phenolic OH excluding ortho intramolecular Hbond substituents is 1. The Morgan fingerprint density at radius 1 is 1.14 bits per heavy atom. The number of pyridine rings is 1. The Balaban J connectivity index is 2.14. The first-order chi connectivity index (χ1) is 10.1. The third kappa shape index (κ3) is 4.45. The van der Waals surface area contributed by atoms with E-state index in [-0.39, 0.29) is 5.75 Å². The van der Waals surface area contributed by atoms with Crippen molar-refractivity contribution in [3.05, 3.63) is 58.9 Å². The van der Waals surface area contributed by atoms with E-state index in [1.165, 1.54) is 5.56 Å². The van der Waals surface area contributed by atoms with E-state index in [1.54, 1.807) is 6.07 Å². The number of aromatic nitrogens is 1. The number of rotatable bonds is 6. The number of halogens is 1. The monoisotopic (exact) mass is 304 g/mol. The van der Waals surface area contributed by atoms with Crippen molar-refractivity contribution in [2.45, 2.75) is 39.4 Å². The minimum Gasteiger partial charge on any atom is -0.506 e. The molecule has 0 saturated carbocycles. The van der Waals surface area contributed by atoms with Crippen LogP contribution < -0.4 is 0 Å². The van der Waals surface area contributed by atoms with E-state index in [1.807, 2.05) is 36.7 Å². The van der Waals surface area contributed by atoms with Gasteiger partial charge in [0.15, 0.2) is 0 Å². The lowest BCUT2D eigenvalue weighted by molar-refractivity contribution is 0.186. The molecule has 0 aliphatic rings. The van der Waals surface area contributed by atoms with Gasteiger partial charge in [-0.3, -0.25) is 9.88 Å². The maximum absolute atomic E-state index is 9.52. The molecule has 2 rings (SSSR count). The van der Waals surface area contributed by atoms with E-state index in [4.69, 9.17) is 11.6 Å². The standard InChI is InChI=1S/C17H21ClN2O/c1-3-13(2)20(11-14-6-8-19-9-7-14)12-15-4-5-17(21)16(18)10-15/h4-10,13,21H,3,11-12H2,1-2H3/t13-/m1/s1. The number of hydrogen-bond donors (Lipinski definition) is 1. The molecule has 0 fully saturated rings. The van der Waals surface area contributed by atoms with Gasteiger partial charge in [-0.25, -0.2) is 0 Å². The first-order valence-corrected chi connectivity index (χ1v) is 7.58. The van der Waals surface area contributed by atoms with E-state index < -0.39 is 0 Å². The largest absolute Gasteiger partial charge is 0.506 e. The molecule has 1 heterocycles. The second kappa shape index (κ2) is 7.43. The van der Waals surface area contributed by atoms with Crippen LogP contribution in [0.2, 0.25) is 5.02 Å². The van der Waals surface area contributed by atoms with E-state index in [2.05, 4.69) is 23.7 Å². The molecule has 2 aromatic rings. The lowest BCUT2D eigenvalue weighted by atomic mass is 10.1. The SMILES string of the molecule is CC[C@@H](C)N(Cc1ccncc1)Cc1ccc(O)c(Cl)c1. The molecule has 112 valence electrons. The fourth-order valence-electron chi connectivity index (χ4n) is 2.23. The molecule has 0 aliphatic heterocycles. The summed E-state index contributed by atoms with van der Waals surface area (Å²) < 4.78 is 0. The van der Waals surface area contributed by atoms with Crippen LogP contribution in [0, 0.1) is 0 Å². The second-order valence-corrected chi connectivity index (χ2v) is 5.71. The van der Waals surface area contributed by atoms with Gasteiger partial charge in [-0.05, 0) is 48.7 Å². The molecular formula is C17H21ClN2O. The summed E-state index contributed by atoms with van der Waals surface area (Å²) in [6.07, 6.45) is 4.72. The van der Waals surface area contributed by atoms with Gasteiger partial charge in [-0.15, -0.1) is 0 Å². The van der Waals surface area contributed by atoms with E-state index >= 15 is 0 Å². The van der Waals surface area contributed by atoms with Crippen LogP contribution in [0.5, 0.6) is 5.75 Å². The van der Waals surface area contributed by atoms with Crippen molar-refractivity contribution in [3.8, 4) is 5.75 Å². The van der Waals surface area contributed by atoms with Crippen molar-refractivity contribution < 1.29 is 5.11 Å². The summed E-state index contributed by atoms with van der Waals surface area (Å²) in [5.74, 6) is 0.129. The highest BCUT2D eigenvalue weighted by Gasteiger charge is 2.14. The molecule has 0 aliphatic carbocycles. The van der Waals surface area contributed by atoms with Gasteiger partial charge in [0, 0.05) is 31.5 Å². The number of phenols is 1. The van der Waals surface area contributed by atoms with Crippen molar-refractivity contribution in [1.29, 1.82) is 0 Å². The Hall–Kier alpha value is -1.58. The van der Waals surface area contributed by atoms with Crippen molar-refractivity contribution in [2.75, 3.05) is 0 Å². The summed E-state index contributed by atoms with van der Waals surface area (Å²) in [7, 11) is 0. The van der Waals surface area contributed by atoms with Crippen LogP contribution in [0.3, 0.4) is 0 Å². The minimum atomic E-state index is 0.129. The zero-order chi connectivity index (χ0) is 15.2. The van der Waals surface area contributed by atoms with Crippen molar-refractivity contribution >= 4 is 11.6 Å². The van der Waals surface area contributed by atoms with Gasteiger partial charge in [0.1, 0.15) is 5.75 Å². The molecule has 0 saturated heterocycles. The van der Waals surface area contributed by atoms with Crippen LogP contribution in [0.1, 0.15) is 31.4 Å². The zero-order valence-corrected chi connectivity index (χ0v) is 13.2. The van der Waals surface area contributed by atoms with Gasteiger partial charge in [-0.1, -0.05) is 24.6 Å². The van der Waals surface area contributed by atoms with Gasteiger partial charge in [0.05, 0.1) is 5.02 Å². The molecule has 1 aromatic carbocycles. The average molecular weight is 305 g/mol. The van der Waals surface area contributed by atoms with E-state index in [9.17, 15) is 5.11 Å². The van der Waals surface area contributed by atoms with Crippen LogP contribution in [0.15, 0.2) is 42.7 Å². The highest BCUT2D eigenvalue weighted by Crippen LogP contribution is 2.25. The Morgan fingerprint density at radius 2 is 1.81 bits per heavy atom. The first kappa shape index (κ1) is 15.8. The molecule has 0 amide bonds. The summed E-state index contributed by atoms with van der Waals surface area (Å²) >= 11 is 5.99. The van der Waals surface area contributed by atoms with Crippen LogP contribution in [-0.2, 0) is 13.1 Å². The fraction of sp³-hybridized carbons (Fsp3) is 0.353. The van der Waals surface area contributed by atoms with Gasteiger partial charge in [-0.2, -0.15) is 0 Å². The first-order valence-electron chi connectivity index (χ1n) is 7.20. The number of aromatic hydroxyl groups is 1. The summed E-state index contributed by atoms with van der Waals surface area (Å²) in [6.45, 7) is 6.09. The summed E-state index contributed by atoms with van der Waals surface area (Å²) in [6, 6.07) is 9.95. The van der Waals surface area contributed by atoms with E-state index in [0.717, 1.165) is 25.1 Å². The predicted molar refractivity (Wildman–Crippen MR) is 86.4 cm³/mol. The molecule has 0 unspecified atom stereocenters. The number of nitrogens with zero attached hydrogens (tertiary/aromatic N) is 2. The Morgan fingerprint density at radius 3 is 2.43 bits per heavy atom. The third-order valence-corrected chi connectivity index (χ3v) is 4.05. The maximum Gasteiger partial charge on any atom is 0.134 e. The van der Waals surface area contributed by atoms with E-state index in [0.29, 0.717) is 11.1 Å². The Bertz CT molecular complexity index is 574. The van der Waals surface area contributed by atoms with Gasteiger partial charge in [0.2, 0.25) is 0 Å². The summed E-state index contributed by atoms with van der Waals surface area (Å²) in [4.78, 5) is 6.46. The molecule has 0 radical (unpaired) electrons. The van der Waals surface area contributed by atoms with Crippen LogP contribution in [-0.4, -0.2) is 21.0 Å². The summed E-state index contributed by atoms with van der Waals surface area (Å²) in [5.41, 5.74) is 2.35. The maximum atomic E-state index is 9.52. The molecule has 1 aromatic heterocycles. The quantitative estimate of drug-likeness (QED) is 0.867. The third-order valence-electron chi connectivity index (χ3n) is 3.75. The predicted octanol–water partition coefficient (Wildman–Crippen LogP) is 4.24. The van der Waals surface area contributed by atoms with Gasteiger partial charge < -0.3 is 5.11 Å². The molecule has 3 nitrogen and oxygen atoms in total. The minimum absolute atomic E-state index is 0.129. The molecule has 1 N–H and O–H groups in total. The lowest BCUT2D eigenvalue weighted by Crippen LogP contribution is -2.31. The topological polar surface area (TPSA) is 36.4 Å². The highest BCUT2D eigenvalue weighted by molar-refractivity contribution is 6.32. The van der Waals surface area contributed by atoms with Crippen LogP contribution >= 0.6 is 11.6 Å². The smallest absolute Gasteiger partial charge is 0.134 e. The molecule has 0 spiro atoms. The molecular weight excluding hydrogens is 284 g/mol. The fourth-order valence-corrected chi connectivity index (χ4v) is 2.43. The zero-order valence-electron chi connectivity index (χ0n) is 12.5.